The molecule has 0 bridgehead atoms. The first kappa shape index (κ1) is 13.6. The monoisotopic (exact) mass is 310 g/mol. The molecule has 1 fully saturated rings. The summed E-state index contributed by atoms with van der Waals surface area (Å²) in [4.78, 5) is 12.1. The maximum atomic E-state index is 12.1. The number of hydrogen-bond acceptors (Lipinski definition) is 2. The smallest absolute Gasteiger partial charge is 0.225 e. The highest BCUT2D eigenvalue weighted by molar-refractivity contribution is 9.10. The van der Waals surface area contributed by atoms with Gasteiger partial charge >= 0.3 is 0 Å². The van der Waals surface area contributed by atoms with Gasteiger partial charge in [0.1, 0.15) is 0 Å². The van der Waals surface area contributed by atoms with Gasteiger partial charge < -0.3 is 11.1 Å². The van der Waals surface area contributed by atoms with Crippen molar-refractivity contribution < 1.29 is 4.79 Å². The van der Waals surface area contributed by atoms with Crippen molar-refractivity contribution in [3.8, 4) is 0 Å². The van der Waals surface area contributed by atoms with Crippen LogP contribution in [0, 0.1) is 5.92 Å². The number of carbonyl (C=O) groups excluding carboxylic acids is 1. The van der Waals surface area contributed by atoms with Crippen LogP contribution in [0.2, 0.25) is 0 Å². The zero-order valence-corrected chi connectivity index (χ0v) is 12.1. The van der Waals surface area contributed by atoms with Gasteiger partial charge in [0.2, 0.25) is 5.91 Å². The van der Waals surface area contributed by atoms with Crippen molar-refractivity contribution in [2.75, 3.05) is 0 Å². The van der Waals surface area contributed by atoms with E-state index in [0.717, 1.165) is 29.3 Å². The van der Waals surface area contributed by atoms with E-state index in [1.165, 1.54) is 0 Å². The molecule has 0 aromatic heterocycles. The summed E-state index contributed by atoms with van der Waals surface area (Å²) in [6.45, 7) is 2.00. The Hall–Kier alpha value is -0.870. The zero-order chi connectivity index (χ0) is 13.1. The summed E-state index contributed by atoms with van der Waals surface area (Å²) in [6.07, 6.45) is 2.93. The molecule has 0 saturated heterocycles. The van der Waals surface area contributed by atoms with Gasteiger partial charge in [0.05, 0.1) is 12.0 Å². The van der Waals surface area contributed by atoms with Crippen molar-refractivity contribution >= 4 is 21.8 Å². The Morgan fingerprint density at radius 1 is 1.44 bits per heavy atom. The number of amides is 1. The molecular formula is C14H19BrN2O. The fourth-order valence-corrected chi connectivity index (χ4v) is 3.17. The minimum atomic E-state index is -0.0186. The number of carbonyl (C=O) groups is 1. The van der Waals surface area contributed by atoms with Crippen LogP contribution in [0.5, 0.6) is 0 Å². The lowest BCUT2D eigenvalue weighted by Gasteiger charge is -2.20. The maximum Gasteiger partial charge on any atom is 0.225 e. The van der Waals surface area contributed by atoms with E-state index in [2.05, 4.69) is 21.2 Å². The van der Waals surface area contributed by atoms with Crippen molar-refractivity contribution in [3.63, 3.8) is 0 Å². The standard InChI is InChI=1S/C14H19BrN2O/c1-9(10-5-2-3-7-12(10)15)17-14(18)11-6-4-8-13(11)16/h2-3,5,7,9,11,13H,4,6,8,16H2,1H3,(H,17,18). The second-order valence-electron chi connectivity index (χ2n) is 4.95. The van der Waals surface area contributed by atoms with Crippen molar-refractivity contribution in [2.45, 2.75) is 38.3 Å². The van der Waals surface area contributed by atoms with Crippen LogP contribution in [-0.2, 0) is 4.79 Å². The summed E-state index contributed by atoms with van der Waals surface area (Å²) in [5.41, 5.74) is 7.05. The molecule has 1 aliphatic carbocycles. The van der Waals surface area contributed by atoms with E-state index in [-0.39, 0.29) is 23.9 Å². The van der Waals surface area contributed by atoms with Crippen LogP contribution in [0.25, 0.3) is 0 Å². The Labute approximate surface area is 116 Å². The SMILES string of the molecule is CC(NC(=O)C1CCCC1N)c1ccccc1Br. The Bertz CT molecular complexity index is 436. The lowest BCUT2D eigenvalue weighted by Crippen LogP contribution is -2.39. The minimum absolute atomic E-state index is 0.000810. The normalized spacial score (nSPS) is 24.8. The Balaban J connectivity index is 2.01. The molecule has 3 unspecified atom stereocenters. The molecule has 0 spiro atoms. The predicted molar refractivity (Wildman–Crippen MR) is 76.0 cm³/mol. The number of nitrogens with one attached hydrogen (secondary N) is 1. The van der Waals surface area contributed by atoms with Crippen molar-refractivity contribution in [2.24, 2.45) is 11.7 Å². The quantitative estimate of drug-likeness (QED) is 0.902. The lowest BCUT2D eigenvalue weighted by atomic mass is 10.0. The molecule has 4 heteroatoms. The zero-order valence-electron chi connectivity index (χ0n) is 10.5. The van der Waals surface area contributed by atoms with Crippen LogP contribution >= 0.6 is 15.9 Å². The molecule has 1 aromatic carbocycles. The Kier molecular flexibility index (Phi) is 4.40. The summed E-state index contributed by atoms with van der Waals surface area (Å²) < 4.78 is 1.02. The minimum Gasteiger partial charge on any atom is -0.349 e. The molecule has 1 aliphatic rings. The van der Waals surface area contributed by atoms with E-state index in [1.54, 1.807) is 0 Å². The Morgan fingerprint density at radius 3 is 2.78 bits per heavy atom. The molecule has 98 valence electrons. The van der Waals surface area contributed by atoms with Gasteiger partial charge in [0.15, 0.2) is 0 Å². The second-order valence-corrected chi connectivity index (χ2v) is 5.81. The van der Waals surface area contributed by atoms with Gasteiger partial charge in [0.25, 0.3) is 0 Å². The predicted octanol–water partition coefficient (Wildman–Crippen LogP) is 2.75. The highest BCUT2D eigenvalue weighted by atomic mass is 79.9. The first-order valence-electron chi connectivity index (χ1n) is 6.40. The van der Waals surface area contributed by atoms with E-state index >= 15 is 0 Å². The van der Waals surface area contributed by atoms with Crippen LogP contribution in [0.1, 0.15) is 37.8 Å². The third-order valence-electron chi connectivity index (χ3n) is 3.64. The molecule has 3 nitrogen and oxygen atoms in total. The van der Waals surface area contributed by atoms with Crippen LogP contribution < -0.4 is 11.1 Å². The van der Waals surface area contributed by atoms with E-state index in [0.29, 0.717) is 0 Å². The average molecular weight is 311 g/mol. The molecular weight excluding hydrogens is 292 g/mol. The molecule has 3 N–H and O–H groups in total. The molecule has 1 amide bonds. The lowest BCUT2D eigenvalue weighted by molar-refractivity contribution is -0.125. The highest BCUT2D eigenvalue weighted by Crippen LogP contribution is 2.27. The molecule has 1 saturated carbocycles. The average Bonchev–Trinajstić information content (AvgIpc) is 2.76. The van der Waals surface area contributed by atoms with Gasteiger partial charge in [-0.1, -0.05) is 40.5 Å². The molecule has 2 rings (SSSR count). The molecule has 3 atom stereocenters. The molecule has 18 heavy (non-hydrogen) atoms. The van der Waals surface area contributed by atoms with Gasteiger partial charge in [-0.3, -0.25) is 4.79 Å². The van der Waals surface area contributed by atoms with E-state index in [9.17, 15) is 4.79 Å². The van der Waals surface area contributed by atoms with Crippen LogP contribution in [-0.4, -0.2) is 11.9 Å². The maximum absolute atomic E-state index is 12.1. The van der Waals surface area contributed by atoms with Crippen LogP contribution in [0.3, 0.4) is 0 Å². The number of benzene rings is 1. The third kappa shape index (κ3) is 2.93. The van der Waals surface area contributed by atoms with E-state index in [4.69, 9.17) is 5.73 Å². The highest BCUT2D eigenvalue weighted by Gasteiger charge is 2.30. The van der Waals surface area contributed by atoms with Crippen molar-refractivity contribution in [1.82, 2.24) is 5.32 Å². The third-order valence-corrected chi connectivity index (χ3v) is 4.36. The number of nitrogens with two attached hydrogens (primary N) is 1. The Morgan fingerprint density at radius 2 is 2.17 bits per heavy atom. The fourth-order valence-electron chi connectivity index (χ4n) is 2.54. The van der Waals surface area contributed by atoms with Gasteiger partial charge in [-0.2, -0.15) is 0 Å². The van der Waals surface area contributed by atoms with Crippen molar-refractivity contribution in [3.05, 3.63) is 34.3 Å². The summed E-state index contributed by atoms with van der Waals surface area (Å²) >= 11 is 3.51. The fraction of sp³-hybridized carbons (Fsp3) is 0.500. The summed E-state index contributed by atoms with van der Waals surface area (Å²) in [7, 11) is 0. The number of rotatable bonds is 3. The van der Waals surface area contributed by atoms with Gasteiger partial charge in [-0.05, 0) is 31.4 Å². The first-order valence-corrected chi connectivity index (χ1v) is 7.19. The van der Waals surface area contributed by atoms with Gasteiger partial charge in [-0.15, -0.1) is 0 Å². The first-order chi connectivity index (χ1) is 8.59. The second kappa shape index (κ2) is 5.85. The number of hydrogen-bond donors (Lipinski definition) is 2. The largest absolute Gasteiger partial charge is 0.349 e. The topological polar surface area (TPSA) is 55.1 Å². The van der Waals surface area contributed by atoms with Crippen LogP contribution in [0.15, 0.2) is 28.7 Å². The number of halogens is 1. The van der Waals surface area contributed by atoms with Gasteiger partial charge in [-0.25, -0.2) is 0 Å². The molecule has 0 heterocycles. The molecule has 0 aliphatic heterocycles. The summed E-state index contributed by atoms with van der Waals surface area (Å²) in [6, 6.07) is 7.97. The van der Waals surface area contributed by atoms with Crippen LogP contribution in [0.4, 0.5) is 0 Å². The van der Waals surface area contributed by atoms with Gasteiger partial charge in [0, 0.05) is 10.5 Å². The molecule has 1 aromatic rings. The van der Waals surface area contributed by atoms with E-state index < -0.39 is 0 Å². The molecule has 0 radical (unpaired) electrons. The summed E-state index contributed by atoms with van der Waals surface area (Å²) in [5.74, 6) is 0.0678. The van der Waals surface area contributed by atoms with E-state index in [1.807, 2.05) is 31.2 Å². The van der Waals surface area contributed by atoms with Crippen molar-refractivity contribution in [1.29, 1.82) is 0 Å². The summed E-state index contributed by atoms with van der Waals surface area (Å²) in [5, 5.41) is 3.06.